The van der Waals surface area contributed by atoms with Crippen LogP contribution >= 0.6 is 23.2 Å². The third-order valence-electron chi connectivity index (χ3n) is 6.15. The van der Waals surface area contributed by atoms with E-state index in [1.807, 2.05) is 20.8 Å². The molecule has 4 rings (SSSR count). The van der Waals surface area contributed by atoms with Gasteiger partial charge in [0.25, 0.3) is 5.91 Å². The number of amides is 2. The molecule has 2 amide bonds. The predicted octanol–water partition coefficient (Wildman–Crippen LogP) is 5.42. The zero-order chi connectivity index (χ0) is 25.7. The molecule has 1 N–H and O–H groups in total. The van der Waals surface area contributed by atoms with E-state index in [4.69, 9.17) is 27.9 Å². The Bertz CT molecular complexity index is 1220. The topological polar surface area (TPSA) is 100 Å². The molecule has 0 unspecified atom stereocenters. The second kappa shape index (κ2) is 9.32. The highest BCUT2D eigenvalue weighted by molar-refractivity contribution is 6.37. The van der Waals surface area contributed by atoms with E-state index in [0.717, 1.165) is 12.8 Å². The van der Waals surface area contributed by atoms with Gasteiger partial charge in [-0.15, -0.1) is 0 Å². The fraction of sp³-hybridized carbons (Fsp3) is 0.440. The van der Waals surface area contributed by atoms with E-state index in [1.54, 1.807) is 28.9 Å². The summed E-state index contributed by atoms with van der Waals surface area (Å²) in [6.07, 6.45) is 1.15. The first kappa shape index (κ1) is 25.3. The van der Waals surface area contributed by atoms with Crippen LogP contribution in [0.5, 0.6) is 0 Å². The van der Waals surface area contributed by atoms with Crippen LogP contribution in [0.3, 0.4) is 0 Å². The third kappa shape index (κ3) is 4.95. The summed E-state index contributed by atoms with van der Waals surface area (Å²) >= 11 is 12.5. The number of halogens is 2. The number of carboxylic acids is 1. The molecule has 1 aromatic carbocycles. The number of rotatable bonds is 4. The average Bonchev–Trinajstić information content (AvgIpc) is 3.31. The van der Waals surface area contributed by atoms with Crippen molar-refractivity contribution in [3.63, 3.8) is 0 Å². The van der Waals surface area contributed by atoms with Gasteiger partial charge in [-0.25, -0.2) is 9.59 Å². The summed E-state index contributed by atoms with van der Waals surface area (Å²) in [5, 5.41) is 10.6. The number of hydrogen-bond acceptors (Lipinski definition) is 5. The molecule has 2 aromatic rings. The van der Waals surface area contributed by atoms with Crippen molar-refractivity contribution in [2.45, 2.75) is 58.7 Å². The number of likely N-dealkylation sites (tertiary alicyclic amines) is 1. The molecule has 10 heteroatoms. The molecule has 35 heavy (non-hydrogen) atoms. The van der Waals surface area contributed by atoms with E-state index >= 15 is 0 Å². The summed E-state index contributed by atoms with van der Waals surface area (Å²) in [5.74, 6) is -1.54. The molecule has 0 spiro atoms. The number of carbonyl (C=O) groups excluding carboxylic acids is 2. The summed E-state index contributed by atoms with van der Waals surface area (Å²) in [5.41, 5.74) is 0.957. The lowest BCUT2D eigenvalue weighted by Gasteiger charge is -2.30. The molecule has 2 aliphatic rings. The van der Waals surface area contributed by atoms with Gasteiger partial charge in [0.05, 0.1) is 35.1 Å². The highest BCUT2D eigenvalue weighted by Gasteiger charge is 2.40. The fourth-order valence-corrected chi connectivity index (χ4v) is 5.23. The number of benzene rings is 1. The highest BCUT2D eigenvalue weighted by atomic mass is 35.5. The van der Waals surface area contributed by atoms with Gasteiger partial charge in [-0.05, 0) is 52.7 Å². The molecule has 2 aliphatic heterocycles. The molecule has 186 valence electrons. The first-order valence-corrected chi connectivity index (χ1v) is 12.1. The maximum Gasteiger partial charge on any atom is 0.410 e. The second-order valence-corrected chi connectivity index (χ2v) is 10.7. The molecule has 1 fully saturated rings. The van der Waals surface area contributed by atoms with Crippen LogP contribution < -0.4 is 0 Å². The third-order valence-corrected chi connectivity index (χ3v) is 6.69. The minimum absolute atomic E-state index is 0.0700. The molecule has 1 aromatic heterocycles. The molecular formula is C25H27Cl2N3O5. The summed E-state index contributed by atoms with van der Waals surface area (Å²) in [4.78, 5) is 46.3. The highest BCUT2D eigenvalue weighted by Crippen LogP contribution is 2.40. The Hall–Kier alpha value is -2.84. The van der Waals surface area contributed by atoms with Gasteiger partial charge in [-0.1, -0.05) is 29.3 Å². The number of aryl methyl sites for hydroxylation is 1. The van der Waals surface area contributed by atoms with Crippen LogP contribution in [0.4, 0.5) is 4.79 Å². The van der Waals surface area contributed by atoms with Crippen molar-refractivity contribution in [1.82, 2.24) is 14.8 Å². The van der Waals surface area contributed by atoms with Crippen LogP contribution in [0.1, 0.15) is 65.7 Å². The van der Waals surface area contributed by atoms with Crippen molar-refractivity contribution < 1.29 is 24.2 Å². The van der Waals surface area contributed by atoms with Gasteiger partial charge in [0.1, 0.15) is 5.60 Å². The number of carboxylic acid groups (broad SMARTS) is 1. The van der Waals surface area contributed by atoms with Crippen LogP contribution in [0.25, 0.3) is 11.1 Å². The van der Waals surface area contributed by atoms with Crippen LogP contribution in [-0.4, -0.2) is 62.6 Å². The number of pyridine rings is 1. The van der Waals surface area contributed by atoms with E-state index in [9.17, 15) is 19.5 Å². The van der Waals surface area contributed by atoms with Gasteiger partial charge in [-0.2, -0.15) is 0 Å². The van der Waals surface area contributed by atoms with E-state index < -0.39 is 17.7 Å². The number of fused-ring (bicyclic) bond motifs is 1. The van der Waals surface area contributed by atoms with Gasteiger partial charge in [-0.3, -0.25) is 9.78 Å². The Labute approximate surface area is 213 Å². The lowest BCUT2D eigenvalue weighted by Crippen LogP contribution is -2.45. The number of carbonyl (C=O) groups is 3. The Morgan fingerprint density at radius 1 is 1.23 bits per heavy atom. The maximum absolute atomic E-state index is 13.6. The average molecular weight is 520 g/mol. The zero-order valence-corrected chi connectivity index (χ0v) is 21.5. The zero-order valence-electron chi connectivity index (χ0n) is 20.0. The van der Waals surface area contributed by atoms with Crippen molar-refractivity contribution in [3.8, 4) is 11.1 Å². The molecule has 0 bridgehead atoms. The minimum atomic E-state index is -1.20. The summed E-state index contributed by atoms with van der Waals surface area (Å²) in [6.45, 7) is 8.11. The van der Waals surface area contributed by atoms with Gasteiger partial charge < -0.3 is 19.6 Å². The van der Waals surface area contributed by atoms with Crippen molar-refractivity contribution in [3.05, 3.63) is 50.8 Å². The smallest absolute Gasteiger partial charge is 0.410 e. The number of hydrogen-bond donors (Lipinski definition) is 1. The Morgan fingerprint density at radius 2 is 1.94 bits per heavy atom. The SMILES string of the molecule is Cc1nc2c(c(-c3ccc(Cl)cc3Cl)c1C(=O)O)C(=O)N(C[C@@H]1CCCN1C(=O)OC(C)(C)C)C2. The predicted molar refractivity (Wildman–Crippen MR) is 132 cm³/mol. The quantitative estimate of drug-likeness (QED) is 0.578. The molecule has 0 aliphatic carbocycles. The maximum atomic E-state index is 13.6. The van der Waals surface area contributed by atoms with Gasteiger partial charge in [0, 0.05) is 34.3 Å². The molecular weight excluding hydrogens is 493 g/mol. The normalized spacial score (nSPS) is 17.7. The Balaban J connectivity index is 1.70. The van der Waals surface area contributed by atoms with Crippen molar-refractivity contribution in [2.75, 3.05) is 13.1 Å². The number of aromatic nitrogens is 1. The van der Waals surface area contributed by atoms with Crippen LogP contribution in [0.2, 0.25) is 10.0 Å². The Morgan fingerprint density at radius 3 is 2.57 bits per heavy atom. The molecule has 3 heterocycles. The molecule has 0 saturated carbocycles. The Kier molecular flexibility index (Phi) is 6.72. The lowest BCUT2D eigenvalue weighted by atomic mass is 9.93. The summed E-state index contributed by atoms with van der Waals surface area (Å²) in [7, 11) is 0. The number of nitrogens with zero attached hydrogens (tertiary/aromatic N) is 3. The van der Waals surface area contributed by atoms with E-state index in [-0.39, 0.29) is 40.2 Å². The molecule has 1 atom stereocenters. The van der Waals surface area contributed by atoms with Crippen LogP contribution in [-0.2, 0) is 11.3 Å². The van der Waals surface area contributed by atoms with Gasteiger partial charge in [0.2, 0.25) is 0 Å². The fourth-order valence-electron chi connectivity index (χ4n) is 4.73. The number of ether oxygens (including phenoxy) is 1. The van der Waals surface area contributed by atoms with E-state index in [1.165, 1.54) is 6.07 Å². The first-order chi connectivity index (χ1) is 16.4. The van der Waals surface area contributed by atoms with Gasteiger partial charge in [0.15, 0.2) is 0 Å². The van der Waals surface area contributed by atoms with Crippen molar-refractivity contribution in [2.24, 2.45) is 0 Å². The molecule has 0 radical (unpaired) electrons. The second-order valence-electron chi connectivity index (χ2n) is 9.85. The van der Waals surface area contributed by atoms with E-state index in [0.29, 0.717) is 35.1 Å². The standard InChI is InChI=1S/C25H27Cl2N3O5/c1-13-19(23(32)33)20(16-8-7-14(26)10-17(16)27)21-18(28-13)12-29(22(21)31)11-15-6-5-9-30(15)24(34)35-25(2,3)4/h7-8,10,15H,5-6,9,11-12H2,1-4H3,(H,32,33)/t15-/m0/s1. The summed E-state index contributed by atoms with van der Waals surface area (Å²) < 4.78 is 5.54. The van der Waals surface area contributed by atoms with Crippen LogP contribution in [0, 0.1) is 6.92 Å². The van der Waals surface area contributed by atoms with Crippen molar-refractivity contribution >= 4 is 41.2 Å². The number of aromatic carboxylic acids is 1. The lowest BCUT2D eigenvalue weighted by molar-refractivity contribution is 0.0192. The minimum Gasteiger partial charge on any atom is -0.478 e. The molecule has 8 nitrogen and oxygen atoms in total. The summed E-state index contributed by atoms with van der Waals surface area (Å²) in [6, 6.07) is 4.53. The van der Waals surface area contributed by atoms with Gasteiger partial charge >= 0.3 is 12.1 Å². The van der Waals surface area contributed by atoms with Crippen molar-refractivity contribution in [1.29, 1.82) is 0 Å². The van der Waals surface area contributed by atoms with Crippen LogP contribution in [0.15, 0.2) is 18.2 Å². The first-order valence-electron chi connectivity index (χ1n) is 11.4. The molecule has 1 saturated heterocycles. The largest absolute Gasteiger partial charge is 0.478 e. The monoisotopic (exact) mass is 519 g/mol. The van der Waals surface area contributed by atoms with E-state index in [2.05, 4.69) is 4.98 Å².